The van der Waals surface area contributed by atoms with Crippen molar-refractivity contribution in [2.24, 2.45) is 0 Å². The fourth-order valence-corrected chi connectivity index (χ4v) is 8.22. The molecule has 4 aromatic heterocycles. The van der Waals surface area contributed by atoms with E-state index in [0.29, 0.717) is 34.1 Å². The van der Waals surface area contributed by atoms with Crippen LogP contribution in [0.1, 0.15) is 0 Å². The highest BCUT2D eigenvalue weighted by atomic mass is 16.5. The predicted molar refractivity (Wildman–Crippen MR) is 244 cm³/mol. The first-order valence-electron chi connectivity index (χ1n) is 20.7. The van der Waals surface area contributed by atoms with Crippen LogP contribution in [-0.2, 0) is 0 Å². The second-order valence-corrected chi connectivity index (χ2v) is 15.1. The SMILES string of the molecule is [c-]1n(-c2cccc(Oc3cccc(-n4[c-][n+](-c5ccccc5-c5ccccc5)c5nc6ccccc6nc54)c3)c2)c2nc3ccccc3nc2[n+]1-c1ccccc1-c1ccccc1. The topological polar surface area (TPSA) is 78.4 Å². The molecule has 0 fully saturated rings. The monoisotopic (exact) mass is 810 g/mol. The smallest absolute Gasteiger partial charge is 0.228 e. The van der Waals surface area contributed by atoms with Gasteiger partial charge in [-0.2, -0.15) is 0 Å². The average molecular weight is 811 g/mol. The van der Waals surface area contributed by atoms with Crippen molar-refractivity contribution in [1.82, 2.24) is 29.1 Å². The molecule has 0 bridgehead atoms. The van der Waals surface area contributed by atoms with Crippen LogP contribution in [0.3, 0.4) is 0 Å². The summed E-state index contributed by atoms with van der Waals surface area (Å²) in [6, 6.07) is 69.1. The van der Waals surface area contributed by atoms with Crippen LogP contribution < -0.4 is 13.9 Å². The number of nitrogens with zero attached hydrogens (tertiary/aromatic N) is 8. The zero-order valence-electron chi connectivity index (χ0n) is 33.6. The molecule has 12 aromatic rings. The van der Waals surface area contributed by atoms with Gasteiger partial charge in [-0.25, -0.2) is 0 Å². The van der Waals surface area contributed by atoms with E-state index in [0.717, 1.165) is 67.1 Å². The molecule has 0 aliphatic heterocycles. The highest BCUT2D eigenvalue weighted by Gasteiger charge is 2.20. The first-order chi connectivity index (χ1) is 31.2. The van der Waals surface area contributed by atoms with E-state index in [2.05, 4.69) is 97.6 Å². The fourth-order valence-electron chi connectivity index (χ4n) is 8.22. The molecule has 9 heteroatoms. The Morgan fingerprint density at radius 2 is 0.746 bits per heavy atom. The van der Waals surface area contributed by atoms with Gasteiger partial charge in [0.05, 0.1) is 11.0 Å². The second-order valence-electron chi connectivity index (χ2n) is 15.1. The summed E-state index contributed by atoms with van der Waals surface area (Å²) in [4.78, 5) is 20.6. The maximum Gasteiger partial charge on any atom is 0.228 e. The third-order valence-electron chi connectivity index (χ3n) is 11.2. The minimum Gasteiger partial charge on any atom is -0.458 e. The summed E-state index contributed by atoms with van der Waals surface area (Å²) in [7, 11) is 0. The van der Waals surface area contributed by atoms with E-state index in [1.54, 1.807) is 0 Å². The average Bonchev–Trinajstić information content (AvgIpc) is 3.91. The Bertz CT molecular complexity index is 3430. The number of hydrogen-bond acceptors (Lipinski definition) is 5. The van der Waals surface area contributed by atoms with E-state index in [1.165, 1.54) is 0 Å². The Morgan fingerprint density at radius 3 is 1.19 bits per heavy atom. The van der Waals surface area contributed by atoms with Crippen LogP contribution >= 0.6 is 0 Å². The van der Waals surface area contributed by atoms with E-state index >= 15 is 0 Å². The van der Waals surface area contributed by atoms with Gasteiger partial charge in [0.15, 0.2) is 35.0 Å². The quantitative estimate of drug-likeness (QED) is 0.113. The molecule has 0 aliphatic carbocycles. The van der Waals surface area contributed by atoms with Gasteiger partial charge in [0, 0.05) is 22.7 Å². The Kier molecular flexibility index (Phi) is 8.60. The Morgan fingerprint density at radius 1 is 0.365 bits per heavy atom. The largest absolute Gasteiger partial charge is 0.458 e. The van der Waals surface area contributed by atoms with Gasteiger partial charge in [0.2, 0.25) is 11.3 Å². The lowest BCUT2D eigenvalue weighted by Gasteiger charge is -2.12. The van der Waals surface area contributed by atoms with Crippen LogP contribution in [0.15, 0.2) is 206 Å². The van der Waals surface area contributed by atoms with Gasteiger partial charge in [-0.1, -0.05) is 158 Å². The van der Waals surface area contributed by atoms with Crippen LogP contribution in [0.4, 0.5) is 0 Å². The van der Waals surface area contributed by atoms with Gasteiger partial charge in [0.1, 0.15) is 11.5 Å². The summed E-state index contributed by atoms with van der Waals surface area (Å²) in [5, 5.41) is 0. The molecule has 0 radical (unpaired) electrons. The molecule has 0 aliphatic rings. The Balaban J connectivity index is 0.953. The van der Waals surface area contributed by atoms with Gasteiger partial charge in [-0.15, -0.1) is 9.97 Å². The molecule has 0 spiro atoms. The number of imidazole rings is 2. The summed E-state index contributed by atoms with van der Waals surface area (Å²) >= 11 is 0. The first-order valence-corrected chi connectivity index (χ1v) is 20.7. The van der Waals surface area contributed by atoms with Crippen LogP contribution in [0.25, 0.3) is 89.7 Å². The molecular weight excluding hydrogens is 777 g/mol. The standard InChI is InChI=1S/C54H34N8O/c1-3-17-37(18-4-1)43-25-7-13-31-49(43)61-35-59(51-53(61)57-47-29-11-9-27-45(47)55-51)39-21-15-23-41(33-39)63-42-24-16-22-40(34-42)60-36-62(54-52(60)56-46-28-10-12-30-48(46)58-54)50-32-14-8-26-44(50)38-19-5-2-6-20-38/h1-34H. The molecule has 9 nitrogen and oxygen atoms in total. The summed E-state index contributed by atoms with van der Waals surface area (Å²) in [6.45, 7) is 0. The van der Waals surface area contributed by atoms with E-state index in [1.807, 2.05) is 140 Å². The molecule has 8 aromatic carbocycles. The lowest BCUT2D eigenvalue weighted by Crippen LogP contribution is -2.31. The molecule has 4 heterocycles. The molecular formula is C54H34N8O. The Hall–Kier alpha value is -8.82. The van der Waals surface area contributed by atoms with Gasteiger partial charge in [-0.05, 0) is 70.8 Å². The van der Waals surface area contributed by atoms with E-state index in [4.69, 9.17) is 24.7 Å². The van der Waals surface area contributed by atoms with Crippen molar-refractivity contribution in [3.8, 4) is 56.5 Å². The molecule has 0 atom stereocenters. The molecule has 0 amide bonds. The number of hydrogen-bond donors (Lipinski definition) is 0. The van der Waals surface area contributed by atoms with E-state index in [-0.39, 0.29) is 0 Å². The van der Waals surface area contributed by atoms with E-state index < -0.39 is 0 Å². The number of benzene rings is 8. The molecule has 63 heavy (non-hydrogen) atoms. The highest BCUT2D eigenvalue weighted by molar-refractivity contribution is 5.84. The van der Waals surface area contributed by atoms with Gasteiger partial charge in [0.25, 0.3) is 0 Å². The van der Waals surface area contributed by atoms with Crippen molar-refractivity contribution in [1.29, 1.82) is 0 Å². The minimum absolute atomic E-state index is 0.642. The summed E-state index contributed by atoms with van der Waals surface area (Å²) in [6.07, 6.45) is 7.24. The normalized spacial score (nSPS) is 11.5. The fraction of sp³-hybridized carbons (Fsp3) is 0. The van der Waals surface area contributed by atoms with Crippen LogP contribution in [0, 0.1) is 12.7 Å². The van der Waals surface area contributed by atoms with Crippen molar-refractivity contribution in [2.75, 3.05) is 0 Å². The summed E-state index contributed by atoms with van der Waals surface area (Å²) in [5.41, 5.74) is 13.7. The van der Waals surface area contributed by atoms with Crippen molar-refractivity contribution >= 4 is 44.7 Å². The third kappa shape index (κ3) is 6.43. The predicted octanol–water partition coefficient (Wildman–Crippen LogP) is 10.7. The molecule has 12 rings (SSSR count). The zero-order chi connectivity index (χ0) is 41.7. The number of fused-ring (bicyclic) bond motifs is 4. The van der Waals surface area contributed by atoms with Gasteiger partial charge in [-0.3, -0.25) is 19.1 Å². The van der Waals surface area contributed by atoms with Crippen LogP contribution in [0.5, 0.6) is 11.5 Å². The van der Waals surface area contributed by atoms with Crippen molar-refractivity contribution < 1.29 is 13.9 Å². The molecule has 0 N–H and O–H groups in total. The van der Waals surface area contributed by atoms with E-state index in [9.17, 15) is 0 Å². The van der Waals surface area contributed by atoms with Gasteiger partial charge >= 0.3 is 0 Å². The zero-order valence-corrected chi connectivity index (χ0v) is 33.6. The first kappa shape index (κ1) is 36.1. The lowest BCUT2D eigenvalue weighted by molar-refractivity contribution is -0.574. The minimum atomic E-state index is 0.642. The third-order valence-corrected chi connectivity index (χ3v) is 11.2. The Labute approximate surface area is 361 Å². The molecule has 296 valence electrons. The maximum absolute atomic E-state index is 6.66. The second kappa shape index (κ2) is 15.0. The number of para-hydroxylation sites is 6. The summed E-state index contributed by atoms with van der Waals surface area (Å²) < 4.78 is 14.6. The number of aromatic nitrogens is 8. The molecule has 0 saturated carbocycles. The lowest BCUT2D eigenvalue weighted by atomic mass is 10.0. The van der Waals surface area contributed by atoms with Crippen LogP contribution in [0.2, 0.25) is 0 Å². The summed E-state index contributed by atoms with van der Waals surface area (Å²) in [5.74, 6) is 1.28. The highest BCUT2D eigenvalue weighted by Crippen LogP contribution is 2.31. The van der Waals surface area contributed by atoms with Gasteiger partial charge < -0.3 is 13.9 Å². The maximum atomic E-state index is 6.66. The van der Waals surface area contributed by atoms with Crippen molar-refractivity contribution in [3.63, 3.8) is 0 Å². The molecule has 0 unspecified atom stereocenters. The number of rotatable bonds is 8. The molecule has 0 saturated heterocycles. The van der Waals surface area contributed by atoms with Crippen molar-refractivity contribution in [3.05, 3.63) is 219 Å². The number of ether oxygens (including phenoxy) is 1. The van der Waals surface area contributed by atoms with Crippen molar-refractivity contribution in [2.45, 2.75) is 0 Å². The van der Waals surface area contributed by atoms with Crippen LogP contribution in [-0.4, -0.2) is 29.1 Å².